The number of hydrogen-bond donors (Lipinski definition) is 0. The van der Waals surface area contributed by atoms with E-state index in [4.69, 9.17) is 0 Å². The summed E-state index contributed by atoms with van der Waals surface area (Å²) in [6.07, 6.45) is 1.77. The Morgan fingerprint density at radius 3 is 3.00 bits per heavy atom. The van der Waals surface area contributed by atoms with Crippen LogP contribution in [0.25, 0.3) is 0 Å². The van der Waals surface area contributed by atoms with Crippen molar-refractivity contribution in [3.8, 4) is 0 Å². The minimum atomic E-state index is 0.979. The molecule has 1 nitrogen and oxygen atoms in total. The van der Waals surface area contributed by atoms with Gasteiger partial charge in [0, 0.05) is 6.20 Å². The van der Waals surface area contributed by atoms with Crippen molar-refractivity contribution in [1.82, 2.24) is 4.98 Å². The minimum absolute atomic E-state index is 0.979. The Morgan fingerprint density at radius 2 is 2.40 bits per heavy atom. The molecule has 0 atom stereocenters. The maximum atomic E-state index is 4.09. The van der Waals surface area contributed by atoms with Gasteiger partial charge in [0.05, 0.1) is 11.4 Å². The summed E-state index contributed by atoms with van der Waals surface area (Å²) in [6.45, 7) is 3.58. The van der Waals surface area contributed by atoms with E-state index < -0.39 is 0 Å². The van der Waals surface area contributed by atoms with Crippen LogP contribution in [0, 0.1) is 5.75 Å². The van der Waals surface area contributed by atoms with Crippen LogP contribution in [-0.2, 0) is 0 Å². The van der Waals surface area contributed by atoms with Gasteiger partial charge < -0.3 is 0 Å². The van der Waals surface area contributed by atoms with E-state index in [0.29, 0.717) is 0 Å². The van der Waals surface area contributed by atoms with E-state index in [0.717, 1.165) is 5.69 Å². The molecule has 0 saturated heterocycles. The van der Waals surface area contributed by atoms with E-state index in [1.54, 1.807) is 11.6 Å². The van der Waals surface area contributed by atoms with Gasteiger partial charge in [-0.2, -0.15) is 0 Å². The second kappa shape index (κ2) is 4.12. The normalized spacial score (nSPS) is 9.20. The van der Waals surface area contributed by atoms with Crippen molar-refractivity contribution < 1.29 is 0 Å². The van der Waals surface area contributed by atoms with Crippen molar-refractivity contribution in [1.29, 1.82) is 0 Å². The number of thioether (sulfide) groups is 1. The summed E-state index contributed by atoms with van der Waals surface area (Å²) in [5.41, 5.74) is 0.979. The van der Waals surface area contributed by atoms with E-state index in [1.807, 2.05) is 24.0 Å². The number of nitrogens with zero attached hydrogens (tertiary/aromatic N) is 1. The molecule has 0 unspecified atom stereocenters. The van der Waals surface area contributed by atoms with Gasteiger partial charge in [0.1, 0.15) is 0 Å². The van der Waals surface area contributed by atoms with Gasteiger partial charge in [0.2, 0.25) is 0 Å². The zero-order chi connectivity index (χ0) is 7.23. The third-order valence-corrected chi connectivity index (χ3v) is 1.54. The molecule has 2 heteroatoms. The smallest absolute Gasteiger partial charge is 0.0689 e. The molecule has 0 fully saturated rings. The molecule has 1 rings (SSSR count). The second-order valence-electron chi connectivity index (χ2n) is 1.68. The molecule has 1 aromatic rings. The Morgan fingerprint density at radius 1 is 1.50 bits per heavy atom. The zero-order valence-corrected chi connectivity index (χ0v) is 6.34. The third-order valence-electron chi connectivity index (χ3n) is 0.973. The molecule has 0 aliphatic rings. The molecule has 0 amide bonds. The number of rotatable bonds is 3. The van der Waals surface area contributed by atoms with Crippen LogP contribution in [0.4, 0.5) is 0 Å². The first-order valence-electron chi connectivity index (χ1n) is 2.94. The molecule has 1 radical (unpaired) electrons. The molecule has 0 aromatic carbocycles. The molecule has 10 heavy (non-hydrogen) atoms. The van der Waals surface area contributed by atoms with Crippen LogP contribution in [0.15, 0.2) is 36.4 Å². The highest BCUT2D eigenvalue weighted by atomic mass is 32.2. The van der Waals surface area contributed by atoms with Crippen molar-refractivity contribution >= 4 is 11.8 Å². The topological polar surface area (TPSA) is 12.9 Å². The molecule has 51 valence electrons. The van der Waals surface area contributed by atoms with Crippen LogP contribution in [0.5, 0.6) is 0 Å². The zero-order valence-electron chi connectivity index (χ0n) is 5.53. The Balaban J connectivity index is 2.50. The van der Waals surface area contributed by atoms with Gasteiger partial charge in [-0.15, -0.1) is 11.8 Å². The van der Waals surface area contributed by atoms with E-state index in [1.165, 1.54) is 11.8 Å². The van der Waals surface area contributed by atoms with Gasteiger partial charge in [0.25, 0.3) is 0 Å². The highest BCUT2D eigenvalue weighted by molar-refractivity contribution is 8.04. The van der Waals surface area contributed by atoms with Crippen molar-refractivity contribution in [2.24, 2.45) is 0 Å². The predicted octanol–water partition coefficient (Wildman–Crippen LogP) is 2.47. The Kier molecular flexibility index (Phi) is 3.03. The highest BCUT2D eigenvalue weighted by Gasteiger charge is 1.88. The maximum absolute atomic E-state index is 4.09. The quantitative estimate of drug-likeness (QED) is 0.656. The summed E-state index contributed by atoms with van der Waals surface area (Å²) >= 11 is 1.54. The Hall–Kier alpha value is -0.760. The molecule has 0 bridgehead atoms. The van der Waals surface area contributed by atoms with E-state index >= 15 is 0 Å². The molecule has 0 spiro atoms. The van der Waals surface area contributed by atoms with Crippen molar-refractivity contribution in [2.75, 3.05) is 0 Å². The number of aromatic nitrogens is 1. The summed E-state index contributed by atoms with van der Waals surface area (Å²) < 4.78 is 0. The van der Waals surface area contributed by atoms with Gasteiger partial charge in [-0.1, -0.05) is 12.6 Å². The van der Waals surface area contributed by atoms with Crippen LogP contribution in [0.1, 0.15) is 5.69 Å². The largest absolute Gasteiger partial charge is 0.260 e. The van der Waals surface area contributed by atoms with Crippen molar-refractivity contribution in [3.05, 3.63) is 47.8 Å². The fourth-order valence-electron chi connectivity index (χ4n) is 0.564. The van der Waals surface area contributed by atoms with Gasteiger partial charge in [0.15, 0.2) is 0 Å². The fraction of sp³-hybridized carbons (Fsp3) is 0. The SMILES string of the molecule is C=CS[CH]c1ccccn1. The first-order chi connectivity index (χ1) is 4.93. The molecule has 0 aliphatic heterocycles. The van der Waals surface area contributed by atoms with Crippen molar-refractivity contribution in [2.45, 2.75) is 0 Å². The summed E-state index contributed by atoms with van der Waals surface area (Å²) in [5, 5.41) is 1.77. The molecule has 1 heterocycles. The fourth-order valence-corrected chi connectivity index (χ4v) is 0.939. The number of hydrogen-bond acceptors (Lipinski definition) is 2. The maximum Gasteiger partial charge on any atom is 0.0689 e. The molecule has 1 aromatic heterocycles. The first-order valence-corrected chi connectivity index (χ1v) is 3.88. The van der Waals surface area contributed by atoms with Gasteiger partial charge in [-0.05, 0) is 17.5 Å². The summed E-state index contributed by atoms with van der Waals surface area (Å²) in [4.78, 5) is 4.09. The second-order valence-corrected chi connectivity index (χ2v) is 2.52. The van der Waals surface area contributed by atoms with Crippen molar-refractivity contribution in [3.63, 3.8) is 0 Å². The standard InChI is InChI=1S/C8H8NS/c1-2-10-7-8-5-3-4-6-9-8/h2-7H,1H2. The summed E-state index contributed by atoms with van der Waals surface area (Å²) in [7, 11) is 0. The Labute approximate surface area is 65.2 Å². The van der Waals surface area contributed by atoms with Gasteiger partial charge in [-0.25, -0.2) is 0 Å². The van der Waals surface area contributed by atoms with Gasteiger partial charge in [-0.3, -0.25) is 4.98 Å². The van der Waals surface area contributed by atoms with Gasteiger partial charge >= 0.3 is 0 Å². The third kappa shape index (κ3) is 2.23. The monoisotopic (exact) mass is 150 g/mol. The van der Waals surface area contributed by atoms with Crippen LogP contribution in [-0.4, -0.2) is 4.98 Å². The molecular weight excluding hydrogens is 142 g/mol. The van der Waals surface area contributed by atoms with Crippen LogP contribution < -0.4 is 0 Å². The van der Waals surface area contributed by atoms with Crippen LogP contribution >= 0.6 is 11.8 Å². The molecule has 0 aliphatic carbocycles. The summed E-state index contributed by atoms with van der Waals surface area (Å²) in [5.74, 6) is 1.95. The lowest BCUT2D eigenvalue weighted by Gasteiger charge is -1.92. The Bertz CT molecular complexity index is 196. The molecular formula is C8H8NS. The van der Waals surface area contributed by atoms with E-state index in [9.17, 15) is 0 Å². The average molecular weight is 150 g/mol. The lowest BCUT2D eigenvalue weighted by atomic mass is 10.4. The lowest BCUT2D eigenvalue weighted by Crippen LogP contribution is -1.79. The van der Waals surface area contributed by atoms with Crippen LogP contribution in [0.2, 0.25) is 0 Å². The molecule has 0 saturated carbocycles. The first kappa shape index (κ1) is 7.35. The number of pyridine rings is 1. The van der Waals surface area contributed by atoms with Crippen LogP contribution in [0.3, 0.4) is 0 Å². The lowest BCUT2D eigenvalue weighted by molar-refractivity contribution is 1.26. The van der Waals surface area contributed by atoms with E-state index in [2.05, 4.69) is 11.6 Å². The summed E-state index contributed by atoms with van der Waals surface area (Å²) in [6, 6.07) is 5.81. The predicted molar refractivity (Wildman–Crippen MR) is 45.4 cm³/mol. The highest BCUT2D eigenvalue weighted by Crippen LogP contribution is 2.11. The minimum Gasteiger partial charge on any atom is -0.260 e. The van der Waals surface area contributed by atoms with E-state index in [-0.39, 0.29) is 0 Å². The molecule has 0 N–H and O–H groups in total. The average Bonchev–Trinajstić information content (AvgIpc) is 2.03.